The van der Waals surface area contributed by atoms with Gasteiger partial charge in [-0.05, 0) is 76.4 Å². The van der Waals surface area contributed by atoms with E-state index in [1.54, 1.807) is 18.2 Å². The van der Waals surface area contributed by atoms with Crippen LogP contribution in [-0.2, 0) is 11.3 Å². The summed E-state index contributed by atoms with van der Waals surface area (Å²) in [6, 6.07) is 14.7. The molecule has 2 aliphatic rings. The third-order valence-electron chi connectivity index (χ3n) is 7.75. The third kappa shape index (κ3) is 6.25. The minimum Gasteiger partial charge on any atom is -0.371 e. The normalized spacial score (nSPS) is 19.2. The largest absolute Gasteiger partial charge is 0.371 e. The number of amides is 2. The number of nitrogens with one attached hydrogen (secondary N) is 1. The molecule has 2 heterocycles. The molecular formula is C29H39FN4O2. The number of likely N-dealkylation sites (tertiary alicyclic amines) is 1. The predicted molar refractivity (Wildman–Crippen MR) is 141 cm³/mol. The standard InChI is InChI=1S/C29H39FN4O2/c1-3-32(4-2)29(36)24-9-7-17-34(21-24)26-15-18-33(19-16-26)25-13-11-22(12-14-25)28(35)31-20-23-8-5-6-10-27(23)30/h5-6,8,10-14,24,26H,3-4,7,9,15-21H2,1-2H3,(H,31,35)/t24-/m0/s1. The van der Waals surface area contributed by atoms with Gasteiger partial charge >= 0.3 is 0 Å². The Balaban J connectivity index is 1.26. The molecule has 2 saturated heterocycles. The fraction of sp³-hybridized carbons (Fsp3) is 0.517. The number of anilines is 1. The van der Waals surface area contributed by atoms with E-state index in [4.69, 9.17) is 0 Å². The molecule has 1 atom stereocenters. The van der Waals surface area contributed by atoms with Crippen LogP contribution in [0.3, 0.4) is 0 Å². The molecule has 0 spiro atoms. The van der Waals surface area contributed by atoms with E-state index in [0.717, 1.165) is 70.6 Å². The summed E-state index contributed by atoms with van der Waals surface area (Å²) in [6.45, 7) is 9.76. The molecule has 0 radical (unpaired) electrons. The Morgan fingerprint density at radius 1 is 0.972 bits per heavy atom. The summed E-state index contributed by atoms with van der Waals surface area (Å²) in [4.78, 5) is 32.3. The first-order valence-corrected chi connectivity index (χ1v) is 13.4. The molecule has 6 nitrogen and oxygen atoms in total. The SMILES string of the molecule is CCN(CC)C(=O)[C@H]1CCCN(C2CCN(c3ccc(C(=O)NCc4ccccc4F)cc3)CC2)C1. The Kier molecular flexibility index (Phi) is 8.97. The van der Waals surface area contributed by atoms with Crippen molar-refractivity contribution in [3.05, 3.63) is 65.5 Å². The average Bonchev–Trinajstić information content (AvgIpc) is 2.93. The zero-order valence-corrected chi connectivity index (χ0v) is 21.6. The van der Waals surface area contributed by atoms with Crippen LogP contribution in [-0.4, -0.2) is 66.9 Å². The van der Waals surface area contributed by atoms with Crippen molar-refractivity contribution in [3.8, 4) is 0 Å². The fourth-order valence-corrected chi connectivity index (χ4v) is 5.57. The highest BCUT2D eigenvalue weighted by atomic mass is 19.1. The summed E-state index contributed by atoms with van der Waals surface area (Å²) in [5.41, 5.74) is 2.16. The van der Waals surface area contributed by atoms with Gasteiger partial charge in [0.2, 0.25) is 5.91 Å². The second kappa shape index (κ2) is 12.3. The Labute approximate surface area is 214 Å². The number of nitrogens with zero attached hydrogens (tertiary/aromatic N) is 3. The third-order valence-corrected chi connectivity index (χ3v) is 7.75. The zero-order valence-electron chi connectivity index (χ0n) is 21.6. The van der Waals surface area contributed by atoms with Crippen LogP contribution in [0.4, 0.5) is 10.1 Å². The van der Waals surface area contributed by atoms with Gasteiger partial charge in [-0.25, -0.2) is 4.39 Å². The molecule has 1 N–H and O–H groups in total. The van der Waals surface area contributed by atoms with Crippen LogP contribution in [0.5, 0.6) is 0 Å². The maximum absolute atomic E-state index is 13.8. The molecule has 0 unspecified atom stereocenters. The van der Waals surface area contributed by atoms with E-state index in [0.29, 0.717) is 23.1 Å². The molecule has 2 aromatic carbocycles. The van der Waals surface area contributed by atoms with E-state index < -0.39 is 0 Å². The average molecular weight is 495 g/mol. The first-order chi connectivity index (χ1) is 17.5. The Bertz CT molecular complexity index is 1020. The molecule has 2 aliphatic heterocycles. The van der Waals surface area contributed by atoms with Gasteiger partial charge in [0, 0.05) is 62.1 Å². The lowest BCUT2D eigenvalue weighted by Crippen LogP contribution is -2.51. The highest BCUT2D eigenvalue weighted by Gasteiger charge is 2.33. The minimum atomic E-state index is -0.313. The van der Waals surface area contributed by atoms with Crippen LogP contribution in [0.1, 0.15) is 55.5 Å². The number of carbonyl (C=O) groups is 2. The maximum atomic E-state index is 13.8. The highest BCUT2D eigenvalue weighted by Crippen LogP contribution is 2.27. The minimum absolute atomic E-state index is 0.133. The van der Waals surface area contributed by atoms with E-state index >= 15 is 0 Å². The van der Waals surface area contributed by atoms with E-state index in [2.05, 4.69) is 29.0 Å². The molecule has 0 aliphatic carbocycles. The number of hydrogen-bond donors (Lipinski definition) is 1. The van der Waals surface area contributed by atoms with Gasteiger partial charge in [0.1, 0.15) is 5.82 Å². The molecule has 2 fully saturated rings. The van der Waals surface area contributed by atoms with E-state index in [1.807, 2.05) is 29.2 Å². The number of benzene rings is 2. The summed E-state index contributed by atoms with van der Waals surface area (Å²) >= 11 is 0. The van der Waals surface area contributed by atoms with Crippen LogP contribution in [0.25, 0.3) is 0 Å². The smallest absolute Gasteiger partial charge is 0.251 e. The molecule has 0 bridgehead atoms. The van der Waals surface area contributed by atoms with E-state index in [9.17, 15) is 14.0 Å². The molecule has 0 aromatic heterocycles. The summed E-state index contributed by atoms with van der Waals surface area (Å²) in [5, 5.41) is 2.80. The first-order valence-electron chi connectivity index (χ1n) is 13.4. The lowest BCUT2D eigenvalue weighted by atomic mass is 9.92. The first kappa shape index (κ1) is 26.1. The number of carbonyl (C=O) groups excluding carboxylic acids is 2. The second-order valence-corrected chi connectivity index (χ2v) is 9.88. The van der Waals surface area contributed by atoms with Crippen LogP contribution in [0.2, 0.25) is 0 Å². The summed E-state index contributed by atoms with van der Waals surface area (Å²) in [5.74, 6) is -0.0662. The van der Waals surface area contributed by atoms with Crippen molar-refractivity contribution in [1.82, 2.24) is 15.1 Å². The molecule has 7 heteroatoms. The monoisotopic (exact) mass is 494 g/mol. The van der Waals surface area contributed by atoms with Gasteiger partial charge in [0.15, 0.2) is 0 Å². The Morgan fingerprint density at radius 3 is 2.33 bits per heavy atom. The van der Waals surface area contributed by atoms with Gasteiger partial charge in [0.25, 0.3) is 5.91 Å². The van der Waals surface area contributed by atoms with Crippen molar-refractivity contribution < 1.29 is 14.0 Å². The van der Waals surface area contributed by atoms with Crippen LogP contribution in [0.15, 0.2) is 48.5 Å². The van der Waals surface area contributed by atoms with Crippen molar-refractivity contribution in [2.24, 2.45) is 5.92 Å². The van der Waals surface area contributed by atoms with E-state index in [-0.39, 0.29) is 24.2 Å². The van der Waals surface area contributed by atoms with E-state index in [1.165, 1.54) is 6.07 Å². The molecule has 2 amide bonds. The second-order valence-electron chi connectivity index (χ2n) is 9.88. The van der Waals surface area contributed by atoms with Crippen molar-refractivity contribution in [2.75, 3.05) is 44.2 Å². The molecule has 36 heavy (non-hydrogen) atoms. The molecule has 194 valence electrons. The maximum Gasteiger partial charge on any atom is 0.251 e. The predicted octanol–water partition coefficient (Wildman–Crippen LogP) is 4.30. The summed E-state index contributed by atoms with van der Waals surface area (Å²) in [6.07, 6.45) is 4.26. The lowest BCUT2D eigenvalue weighted by molar-refractivity contribution is -0.137. The van der Waals surface area contributed by atoms with Gasteiger partial charge in [-0.2, -0.15) is 0 Å². The van der Waals surface area contributed by atoms with Gasteiger partial charge in [-0.3, -0.25) is 14.5 Å². The molecule has 0 saturated carbocycles. The van der Waals surface area contributed by atoms with Gasteiger partial charge in [-0.15, -0.1) is 0 Å². The number of piperidine rings is 2. The van der Waals surface area contributed by atoms with Crippen molar-refractivity contribution in [1.29, 1.82) is 0 Å². The lowest BCUT2D eigenvalue weighted by Gasteiger charge is -2.43. The number of halogens is 1. The van der Waals surface area contributed by atoms with Gasteiger partial charge < -0.3 is 15.1 Å². The van der Waals surface area contributed by atoms with Crippen LogP contribution >= 0.6 is 0 Å². The summed E-state index contributed by atoms with van der Waals surface area (Å²) < 4.78 is 13.8. The fourth-order valence-electron chi connectivity index (χ4n) is 5.57. The summed E-state index contributed by atoms with van der Waals surface area (Å²) in [7, 11) is 0. The Hall–Kier alpha value is -2.93. The van der Waals surface area contributed by atoms with Crippen molar-refractivity contribution in [2.45, 2.75) is 52.1 Å². The van der Waals surface area contributed by atoms with Crippen molar-refractivity contribution >= 4 is 17.5 Å². The van der Waals surface area contributed by atoms with Crippen LogP contribution < -0.4 is 10.2 Å². The Morgan fingerprint density at radius 2 is 1.67 bits per heavy atom. The number of hydrogen-bond acceptors (Lipinski definition) is 4. The number of rotatable bonds is 8. The highest BCUT2D eigenvalue weighted by molar-refractivity contribution is 5.94. The molecule has 4 rings (SSSR count). The molecule has 2 aromatic rings. The zero-order chi connectivity index (χ0) is 25.5. The van der Waals surface area contributed by atoms with Gasteiger partial charge in [0.05, 0.1) is 5.92 Å². The molecular weight excluding hydrogens is 455 g/mol. The van der Waals surface area contributed by atoms with Crippen LogP contribution in [0, 0.1) is 11.7 Å². The van der Waals surface area contributed by atoms with Crippen molar-refractivity contribution in [3.63, 3.8) is 0 Å². The topological polar surface area (TPSA) is 55.9 Å². The van der Waals surface area contributed by atoms with Gasteiger partial charge in [-0.1, -0.05) is 18.2 Å². The quantitative estimate of drug-likeness (QED) is 0.594.